The first kappa shape index (κ1) is 23.3. The smallest absolute Gasteiger partial charge is 0.484 e. The molecule has 33 heavy (non-hydrogen) atoms. The van der Waals surface area contributed by atoms with Crippen molar-refractivity contribution in [3.8, 4) is 11.5 Å². The van der Waals surface area contributed by atoms with Gasteiger partial charge in [-0.25, -0.2) is 4.79 Å². The molecule has 0 aliphatic heterocycles. The minimum absolute atomic E-state index is 0.173. The van der Waals surface area contributed by atoms with Crippen LogP contribution in [-0.2, 0) is 9.53 Å². The molecule has 0 atom stereocenters. The minimum Gasteiger partial charge on any atom is -0.484 e. The number of aryl methyl sites for hydroxylation is 1. The first-order valence-corrected chi connectivity index (χ1v) is 10.3. The first-order valence-electron chi connectivity index (χ1n) is 10.3. The van der Waals surface area contributed by atoms with Crippen molar-refractivity contribution in [2.45, 2.75) is 13.8 Å². The normalized spacial score (nSPS) is 10.1. The van der Waals surface area contributed by atoms with Gasteiger partial charge >= 0.3 is 6.16 Å². The molecule has 0 bridgehead atoms. The summed E-state index contributed by atoms with van der Waals surface area (Å²) in [5.74, 6) is 0.0898. The molecule has 0 saturated heterocycles. The molecule has 0 fully saturated rings. The number of rotatable bonds is 8. The monoisotopic (exact) mass is 448 g/mol. The Kier molecular flexibility index (Phi) is 8.02. The van der Waals surface area contributed by atoms with Gasteiger partial charge in [-0.2, -0.15) is 0 Å². The maximum atomic E-state index is 12.6. The van der Waals surface area contributed by atoms with Crippen molar-refractivity contribution >= 4 is 29.3 Å². The highest BCUT2D eigenvalue weighted by Gasteiger charge is 2.12. The van der Waals surface area contributed by atoms with Crippen molar-refractivity contribution in [3.05, 3.63) is 83.9 Å². The lowest BCUT2D eigenvalue weighted by molar-refractivity contribution is -0.118. The van der Waals surface area contributed by atoms with Crippen LogP contribution >= 0.6 is 0 Å². The van der Waals surface area contributed by atoms with Crippen LogP contribution in [0.5, 0.6) is 11.5 Å². The fourth-order valence-corrected chi connectivity index (χ4v) is 2.78. The third kappa shape index (κ3) is 7.10. The number of amides is 2. The topological polar surface area (TPSA) is 103 Å². The fourth-order valence-electron chi connectivity index (χ4n) is 2.78. The van der Waals surface area contributed by atoms with Crippen LogP contribution in [0.2, 0.25) is 0 Å². The van der Waals surface area contributed by atoms with E-state index in [1.54, 1.807) is 43.3 Å². The van der Waals surface area contributed by atoms with E-state index in [4.69, 9.17) is 14.2 Å². The Balaban J connectivity index is 1.59. The highest BCUT2D eigenvalue weighted by molar-refractivity contribution is 6.07. The Morgan fingerprint density at radius 2 is 1.39 bits per heavy atom. The van der Waals surface area contributed by atoms with E-state index in [1.807, 2.05) is 19.1 Å². The van der Waals surface area contributed by atoms with Crippen LogP contribution in [0.3, 0.4) is 0 Å². The van der Waals surface area contributed by atoms with E-state index >= 15 is 0 Å². The van der Waals surface area contributed by atoms with E-state index < -0.39 is 12.1 Å². The van der Waals surface area contributed by atoms with Gasteiger partial charge < -0.3 is 24.8 Å². The largest absolute Gasteiger partial charge is 0.513 e. The summed E-state index contributed by atoms with van der Waals surface area (Å²) in [4.78, 5) is 36.3. The predicted molar refractivity (Wildman–Crippen MR) is 124 cm³/mol. The van der Waals surface area contributed by atoms with Gasteiger partial charge in [-0.3, -0.25) is 9.59 Å². The summed E-state index contributed by atoms with van der Waals surface area (Å²) in [5, 5.41) is 5.51. The molecule has 0 aliphatic carbocycles. The second kappa shape index (κ2) is 11.3. The summed E-state index contributed by atoms with van der Waals surface area (Å²) in [6, 6.07) is 20.2. The summed E-state index contributed by atoms with van der Waals surface area (Å²) < 4.78 is 15.2. The van der Waals surface area contributed by atoms with Gasteiger partial charge in [-0.05, 0) is 62.4 Å². The van der Waals surface area contributed by atoms with Crippen LogP contribution in [0, 0.1) is 6.92 Å². The molecule has 3 aromatic carbocycles. The summed E-state index contributed by atoms with van der Waals surface area (Å²) >= 11 is 0. The number of carbonyl (C=O) groups excluding carboxylic acids is 3. The lowest BCUT2D eigenvalue weighted by atomic mass is 10.2. The van der Waals surface area contributed by atoms with E-state index in [1.165, 1.54) is 24.3 Å². The van der Waals surface area contributed by atoms with Crippen molar-refractivity contribution in [2.75, 3.05) is 23.8 Å². The van der Waals surface area contributed by atoms with Gasteiger partial charge in [-0.15, -0.1) is 0 Å². The number of para-hydroxylation sites is 2. The van der Waals surface area contributed by atoms with Gasteiger partial charge in [0.1, 0.15) is 11.5 Å². The molecule has 8 heteroatoms. The van der Waals surface area contributed by atoms with Crippen molar-refractivity contribution in [1.82, 2.24) is 0 Å². The molecule has 2 N–H and O–H groups in total. The zero-order valence-corrected chi connectivity index (χ0v) is 18.3. The Morgan fingerprint density at radius 1 is 0.788 bits per heavy atom. The van der Waals surface area contributed by atoms with Crippen LogP contribution in [0.15, 0.2) is 72.8 Å². The maximum Gasteiger partial charge on any atom is 0.513 e. The number of ether oxygens (including phenoxy) is 3. The van der Waals surface area contributed by atoms with Gasteiger partial charge in [0.2, 0.25) is 0 Å². The summed E-state index contributed by atoms with van der Waals surface area (Å²) in [5.41, 5.74) is 2.30. The molecule has 8 nitrogen and oxygen atoms in total. The summed E-state index contributed by atoms with van der Waals surface area (Å²) in [6.07, 6.45) is -0.814. The Bertz CT molecular complexity index is 1110. The lowest BCUT2D eigenvalue weighted by Gasteiger charge is -2.13. The quantitative estimate of drug-likeness (QED) is 0.379. The van der Waals surface area contributed by atoms with Gasteiger partial charge in [0.15, 0.2) is 6.61 Å². The Labute approximate surface area is 191 Å². The molecule has 0 heterocycles. The lowest BCUT2D eigenvalue weighted by Crippen LogP contribution is -2.21. The third-order valence-electron chi connectivity index (χ3n) is 4.42. The first-order chi connectivity index (χ1) is 15.9. The predicted octanol–water partition coefficient (Wildman–Crippen LogP) is 4.80. The van der Waals surface area contributed by atoms with Crippen molar-refractivity contribution in [2.24, 2.45) is 0 Å². The van der Waals surface area contributed by atoms with E-state index in [9.17, 15) is 14.4 Å². The molecule has 3 rings (SSSR count). The molecule has 0 saturated carbocycles. The van der Waals surface area contributed by atoms with Gasteiger partial charge in [-0.1, -0.05) is 29.8 Å². The van der Waals surface area contributed by atoms with E-state index in [2.05, 4.69) is 10.6 Å². The number of carbonyl (C=O) groups is 3. The third-order valence-corrected chi connectivity index (χ3v) is 4.42. The van der Waals surface area contributed by atoms with Crippen molar-refractivity contribution in [3.63, 3.8) is 0 Å². The number of anilines is 2. The molecule has 0 aliphatic rings. The molecule has 3 aromatic rings. The Morgan fingerprint density at radius 3 is 2.03 bits per heavy atom. The fraction of sp³-hybridized carbons (Fsp3) is 0.160. The van der Waals surface area contributed by atoms with Crippen LogP contribution in [-0.4, -0.2) is 31.2 Å². The van der Waals surface area contributed by atoms with Gasteiger partial charge in [0.05, 0.1) is 18.0 Å². The average molecular weight is 448 g/mol. The highest BCUT2D eigenvalue weighted by Crippen LogP contribution is 2.22. The summed E-state index contributed by atoms with van der Waals surface area (Å²) in [7, 11) is 0. The standard InChI is InChI=1S/C25H24N2O6/c1-3-31-25(30)33-20-14-10-18(11-15-20)24(29)27-22-7-5-4-6-21(22)26-23(28)16-32-19-12-8-17(2)9-13-19/h4-15H,3,16H2,1-2H3,(H,26,28)(H,27,29). The van der Waals surface area contributed by atoms with E-state index in [-0.39, 0.29) is 24.9 Å². The molecule has 0 aromatic heterocycles. The number of hydrogen-bond donors (Lipinski definition) is 2. The average Bonchev–Trinajstić information content (AvgIpc) is 2.80. The second-order valence-corrected chi connectivity index (χ2v) is 6.96. The van der Waals surface area contributed by atoms with E-state index in [0.717, 1.165) is 5.56 Å². The molecular weight excluding hydrogens is 424 g/mol. The maximum absolute atomic E-state index is 12.6. The molecule has 2 amide bonds. The molecule has 170 valence electrons. The SMILES string of the molecule is CCOC(=O)Oc1ccc(C(=O)Nc2ccccc2NC(=O)COc2ccc(C)cc2)cc1. The number of benzene rings is 3. The van der Waals surface area contributed by atoms with Crippen LogP contribution in [0.4, 0.5) is 16.2 Å². The molecule has 0 unspecified atom stereocenters. The second-order valence-electron chi connectivity index (χ2n) is 6.96. The van der Waals surface area contributed by atoms with Crippen LogP contribution < -0.4 is 20.1 Å². The summed E-state index contributed by atoms with van der Waals surface area (Å²) in [6.45, 7) is 3.67. The van der Waals surface area contributed by atoms with Crippen molar-refractivity contribution in [1.29, 1.82) is 0 Å². The molecule has 0 radical (unpaired) electrons. The van der Waals surface area contributed by atoms with Crippen LogP contribution in [0.25, 0.3) is 0 Å². The number of hydrogen-bond acceptors (Lipinski definition) is 6. The Hall–Kier alpha value is -4.33. The molecular formula is C25H24N2O6. The highest BCUT2D eigenvalue weighted by atomic mass is 16.7. The van der Waals surface area contributed by atoms with Gasteiger partial charge in [0, 0.05) is 5.56 Å². The van der Waals surface area contributed by atoms with E-state index in [0.29, 0.717) is 22.7 Å². The zero-order valence-electron chi connectivity index (χ0n) is 18.3. The minimum atomic E-state index is -0.814. The van der Waals surface area contributed by atoms with Crippen LogP contribution in [0.1, 0.15) is 22.8 Å². The van der Waals surface area contributed by atoms with Crippen molar-refractivity contribution < 1.29 is 28.6 Å². The number of nitrogens with one attached hydrogen (secondary N) is 2. The van der Waals surface area contributed by atoms with Gasteiger partial charge in [0.25, 0.3) is 11.8 Å². The zero-order chi connectivity index (χ0) is 23.6. The molecule has 0 spiro atoms.